The molecule has 0 saturated carbocycles. The summed E-state index contributed by atoms with van der Waals surface area (Å²) in [5.74, 6) is -0.274. The van der Waals surface area contributed by atoms with Gasteiger partial charge in [0.15, 0.2) is 46.5 Å². The molecule has 16 rings (SSSR count). The Balaban J connectivity index is 0.000000161. The molecule has 0 spiro atoms. The molecular weight excluding hydrogens is 1910 g/mol. The highest BCUT2D eigenvalue weighted by atomic mass is 19.4. The van der Waals surface area contributed by atoms with E-state index in [2.05, 4.69) is 132 Å². The van der Waals surface area contributed by atoms with Crippen LogP contribution in [0.3, 0.4) is 0 Å². The summed E-state index contributed by atoms with van der Waals surface area (Å²) in [6.45, 7) is 21.6. The minimum atomic E-state index is -4.43. The number of morpholine rings is 4. The maximum Gasteiger partial charge on any atom is 0.416 e. The van der Waals surface area contributed by atoms with E-state index in [0.29, 0.717) is 185 Å². The molecule has 144 heavy (non-hydrogen) atoms. The number of hydrogen-bond donors (Lipinski definition) is 8. The lowest BCUT2D eigenvalue weighted by atomic mass is 9.97. The number of pyridine rings is 3. The second-order valence-electron chi connectivity index (χ2n) is 33.8. The number of rotatable bonds is 29. The highest BCUT2D eigenvalue weighted by Gasteiger charge is 2.35. The first-order chi connectivity index (χ1) is 68.9. The van der Waals surface area contributed by atoms with E-state index < -0.39 is 70.2 Å². The van der Waals surface area contributed by atoms with Gasteiger partial charge in [0.1, 0.15) is 0 Å². The van der Waals surface area contributed by atoms with Crippen molar-refractivity contribution in [2.75, 3.05) is 161 Å². The van der Waals surface area contributed by atoms with Crippen molar-refractivity contribution < 1.29 is 89.2 Å². The van der Waals surface area contributed by atoms with Gasteiger partial charge in [-0.25, -0.2) is 69.2 Å². The van der Waals surface area contributed by atoms with Gasteiger partial charge in [-0.2, -0.15) is 93.0 Å². The molecule has 1 unspecified atom stereocenters. The molecule has 12 aromatic rings. The molecule has 4 aliphatic rings. The lowest BCUT2D eigenvalue weighted by Gasteiger charge is -2.34. The zero-order chi connectivity index (χ0) is 103. The first kappa shape index (κ1) is 106. The van der Waals surface area contributed by atoms with Crippen LogP contribution in [0.15, 0.2) is 203 Å². The van der Waals surface area contributed by atoms with Crippen LogP contribution in [-0.4, -0.2) is 184 Å². The maximum atomic E-state index is 14.3. The third-order valence-corrected chi connectivity index (χ3v) is 21.5. The molecule has 0 aliphatic carbocycles. The maximum absolute atomic E-state index is 14.3. The number of benzene rings is 5. The van der Waals surface area contributed by atoms with Gasteiger partial charge in [0.25, 0.3) is 0 Å². The molecule has 760 valence electrons. The predicted octanol–water partition coefficient (Wildman–Crippen LogP) is 20.7. The van der Waals surface area contributed by atoms with Gasteiger partial charge in [-0.15, -0.1) is 0 Å². The van der Waals surface area contributed by atoms with Crippen molar-refractivity contribution in [2.24, 2.45) is 32.2 Å². The molecule has 5 aromatic carbocycles. The normalized spacial score (nSPS) is 14.9. The molecule has 8 N–H and O–H groups in total. The van der Waals surface area contributed by atoms with Crippen molar-refractivity contribution in [3.63, 3.8) is 0 Å². The van der Waals surface area contributed by atoms with E-state index in [1.54, 1.807) is 81.6 Å². The molecule has 11 heterocycles. The van der Waals surface area contributed by atoms with E-state index in [0.717, 1.165) is 90.9 Å². The summed E-state index contributed by atoms with van der Waals surface area (Å²) in [7, 11) is 0. The average Bonchev–Trinajstić information content (AvgIpc) is 0.826. The number of hydrazone groups is 4. The van der Waals surface area contributed by atoms with Crippen molar-refractivity contribution >= 4 is 117 Å². The molecule has 4 aliphatic heterocycles. The summed E-state index contributed by atoms with van der Waals surface area (Å²) < 4.78 is 234. The van der Waals surface area contributed by atoms with Gasteiger partial charge in [-0.05, 0) is 170 Å². The van der Waals surface area contributed by atoms with E-state index in [-0.39, 0.29) is 64.9 Å². The fraction of sp³-hybridized carbons (Fsp3) is 0.330. The smallest absolute Gasteiger partial charge is 0.378 e. The molecule has 31 nitrogen and oxygen atoms in total. The molecule has 4 saturated heterocycles. The Hall–Kier alpha value is -15.1. The molecule has 1 atom stereocenters. The lowest BCUT2D eigenvalue weighted by molar-refractivity contribution is -0.138. The Morgan fingerprint density at radius 1 is 0.354 bits per heavy atom. The summed E-state index contributed by atoms with van der Waals surface area (Å²) in [5.41, 5.74) is 16.1. The third kappa shape index (κ3) is 31.4. The van der Waals surface area contributed by atoms with E-state index in [1.807, 2.05) is 51.7 Å². The van der Waals surface area contributed by atoms with Crippen LogP contribution in [0.5, 0.6) is 0 Å². The SMILES string of the molecule is CC(C)Cc1cc(Nc2cccc(C(F)(F)F)c2)ccc1/C=N/Nc1ncc(F)c(N2CCOCC2)n1.CC(C)Cc1nc(/C=N/Nc2ncc(F)c(N3CCOCC3)n2)ccc1Nc1cccc(C(F)(F)F)c1.CC(C)c1nc(/C=N/Nc2ncc(F)c(N3CCOCC3)n2)ccc1Nc1cccc(C(F)(F)F)c1.CC1COCCN1c1nc(N/N=C/c2ccc(Nc3cccc(C(F)(F)F)c3)cn2)ncc1F. The first-order valence-corrected chi connectivity index (χ1v) is 45.3. The van der Waals surface area contributed by atoms with Gasteiger partial charge < -0.3 is 59.8 Å². The van der Waals surface area contributed by atoms with Gasteiger partial charge in [0.05, 0.1) is 183 Å². The zero-order valence-corrected chi connectivity index (χ0v) is 78.6. The molecule has 7 aromatic heterocycles. The number of nitrogens with one attached hydrogen (secondary N) is 8. The van der Waals surface area contributed by atoms with Crippen LogP contribution in [0.1, 0.15) is 116 Å². The van der Waals surface area contributed by atoms with Crippen molar-refractivity contribution in [1.29, 1.82) is 0 Å². The number of aromatic nitrogens is 11. The number of anilines is 16. The molecule has 0 bridgehead atoms. The van der Waals surface area contributed by atoms with E-state index in [1.165, 1.54) is 55.2 Å². The monoisotopic (exact) mass is 2010 g/mol. The van der Waals surface area contributed by atoms with E-state index in [9.17, 15) is 70.2 Å². The van der Waals surface area contributed by atoms with Crippen molar-refractivity contribution in [3.8, 4) is 0 Å². The standard InChI is InChI=1S/C26H28F4N6O.C25H27F4N7O.C24H25F4N7O.C22H21F4N7O/c1-17(2)12-19-13-22(33-21-5-3-4-20(14-21)26(28,29)30)7-6-18(19)15-32-35-25-31-16-23(27)24(34-25)36-8-10-37-11-9-36;1-16(2)12-22-21(32-18-5-3-4-17(13-18)25(27,28)29)7-6-19(33-22)14-31-35-24-30-15-20(26)23(34-24)36-8-10-37-11-9-36;1-15(2)21-20(31-17-5-3-4-16(12-17)24(26,27)28)7-6-18(32-21)13-30-34-23-29-14-19(25)22(33-23)35-8-10-36-11-9-35;1-14-13-34-8-7-33(14)20-19(23)12-28-21(31-20)32-29-11-17-5-6-18(10-27-17)30-16-4-2-3-15(9-16)22(24,25)26/h3-7,13-17,33H,8-12H2,1-2H3,(H,31,34,35);3-7,13-16,32H,8-12H2,1-2H3,(H,30,34,35);3-7,12-15,31H,8-11H2,1-2H3,(H,29,33,34);2-6,9-12,14,30H,7-8,13H2,1H3,(H,28,31,32)/b32-15+;31-14+;30-13+;29-11+. The summed E-state index contributed by atoms with van der Waals surface area (Å²) in [5, 5.41) is 28.5. The first-order valence-electron chi connectivity index (χ1n) is 45.3. The fourth-order valence-corrected chi connectivity index (χ4v) is 14.6. The van der Waals surface area contributed by atoms with Gasteiger partial charge >= 0.3 is 24.7 Å². The summed E-state index contributed by atoms with van der Waals surface area (Å²) >= 11 is 0. The predicted molar refractivity (Wildman–Crippen MR) is 519 cm³/mol. The Morgan fingerprint density at radius 2 is 0.708 bits per heavy atom. The van der Waals surface area contributed by atoms with Crippen LogP contribution >= 0.6 is 0 Å². The molecule has 0 radical (unpaired) electrons. The van der Waals surface area contributed by atoms with E-state index in [4.69, 9.17) is 18.9 Å². The molecule has 47 heteroatoms. The van der Waals surface area contributed by atoms with Gasteiger partial charge in [0, 0.05) is 74.3 Å². The van der Waals surface area contributed by atoms with Crippen LogP contribution in [0.4, 0.5) is 163 Å². The van der Waals surface area contributed by atoms with Crippen LogP contribution in [0, 0.1) is 35.1 Å². The summed E-state index contributed by atoms with van der Waals surface area (Å²) in [6, 6.07) is 35.6. The van der Waals surface area contributed by atoms with Gasteiger partial charge in [-0.1, -0.05) is 71.9 Å². The van der Waals surface area contributed by atoms with Crippen molar-refractivity contribution in [1.82, 2.24) is 54.8 Å². The zero-order valence-electron chi connectivity index (χ0n) is 78.6. The average molecular weight is 2010 g/mol. The highest BCUT2D eigenvalue weighted by molar-refractivity contribution is 5.84. The number of halogens is 16. The Bertz CT molecular complexity index is 6380. The van der Waals surface area contributed by atoms with Gasteiger partial charge in [0.2, 0.25) is 23.8 Å². The summed E-state index contributed by atoms with van der Waals surface area (Å²) in [6.07, 6.45) is -4.58. The Kier molecular flexibility index (Phi) is 36.5. The molecular formula is C97H101F16N27O4. The van der Waals surface area contributed by atoms with Gasteiger partial charge in [-0.3, -0.25) is 4.98 Å². The number of hydrogen-bond acceptors (Lipinski definition) is 31. The van der Waals surface area contributed by atoms with Crippen molar-refractivity contribution in [3.05, 3.63) is 268 Å². The van der Waals surface area contributed by atoms with Crippen LogP contribution in [0.2, 0.25) is 0 Å². The lowest BCUT2D eigenvalue weighted by Crippen LogP contribution is -2.44. The Labute approximate surface area is 817 Å². The molecule has 4 fully saturated rings. The van der Waals surface area contributed by atoms with Crippen LogP contribution < -0.4 is 62.6 Å². The number of ether oxygens (including phenoxy) is 4. The topological polar surface area (TPSA) is 337 Å². The van der Waals surface area contributed by atoms with Crippen molar-refractivity contribution in [2.45, 2.75) is 98.0 Å². The van der Waals surface area contributed by atoms with Crippen LogP contribution in [-0.2, 0) is 56.5 Å². The highest BCUT2D eigenvalue weighted by Crippen LogP contribution is 2.38. The minimum absolute atomic E-state index is 0.0175. The van der Waals surface area contributed by atoms with E-state index >= 15 is 0 Å². The largest absolute Gasteiger partial charge is 0.416 e. The molecule has 0 amide bonds. The third-order valence-electron chi connectivity index (χ3n) is 21.5. The second-order valence-corrected chi connectivity index (χ2v) is 33.8. The quantitative estimate of drug-likeness (QED) is 0.0123. The number of nitrogens with zero attached hydrogens (tertiary/aromatic N) is 19. The van der Waals surface area contributed by atoms with Crippen LogP contribution in [0.25, 0.3) is 0 Å². The summed E-state index contributed by atoms with van der Waals surface area (Å²) in [4.78, 5) is 53.2. The second kappa shape index (κ2) is 49.5. The fourth-order valence-electron chi connectivity index (χ4n) is 14.6. The minimum Gasteiger partial charge on any atom is -0.378 e. The number of alkyl halides is 12. The Morgan fingerprint density at radius 3 is 1.11 bits per heavy atom.